The molecule has 0 saturated heterocycles. The number of ether oxygens (including phenoxy) is 1. The van der Waals surface area contributed by atoms with E-state index in [0.29, 0.717) is 6.61 Å². The fourth-order valence-corrected chi connectivity index (χ4v) is 1.55. The Balaban J connectivity index is 1.65. The summed E-state index contributed by atoms with van der Waals surface area (Å²) < 4.78 is 5.51. The molecule has 92 valence electrons. The Morgan fingerprint density at radius 2 is 2.06 bits per heavy atom. The highest BCUT2D eigenvalue weighted by Crippen LogP contribution is 2.18. The van der Waals surface area contributed by atoms with Crippen LogP contribution in [0.15, 0.2) is 24.3 Å². The summed E-state index contributed by atoms with van der Waals surface area (Å²) in [6.45, 7) is 1.64. The predicted molar refractivity (Wildman–Crippen MR) is 64.5 cm³/mol. The van der Waals surface area contributed by atoms with Gasteiger partial charge in [-0.05, 0) is 50.1 Å². The molecule has 1 aliphatic rings. The molecule has 2 rings (SSSR count). The highest BCUT2D eigenvalue weighted by Gasteiger charge is 2.19. The topological polar surface area (TPSA) is 58.6 Å². The maximum atomic E-state index is 10.6. The first-order valence-corrected chi connectivity index (χ1v) is 5.95. The first-order chi connectivity index (χ1) is 8.25. The van der Waals surface area contributed by atoms with Gasteiger partial charge < -0.3 is 15.2 Å². The summed E-state index contributed by atoms with van der Waals surface area (Å²) in [4.78, 5) is 10.6. The fraction of sp³-hybridized carbons (Fsp3) is 0.462. The summed E-state index contributed by atoms with van der Waals surface area (Å²) in [6, 6.07) is 7.24. The van der Waals surface area contributed by atoms with Gasteiger partial charge in [-0.1, -0.05) is 0 Å². The van der Waals surface area contributed by atoms with Crippen LogP contribution in [0.2, 0.25) is 0 Å². The van der Waals surface area contributed by atoms with Crippen molar-refractivity contribution >= 4 is 5.97 Å². The third-order valence-electron chi connectivity index (χ3n) is 2.70. The highest BCUT2D eigenvalue weighted by atomic mass is 16.5. The second-order valence-electron chi connectivity index (χ2n) is 4.26. The Hall–Kier alpha value is -1.55. The van der Waals surface area contributed by atoms with Gasteiger partial charge in [-0.15, -0.1) is 0 Å². The van der Waals surface area contributed by atoms with Gasteiger partial charge in [0.25, 0.3) is 0 Å². The van der Waals surface area contributed by atoms with Gasteiger partial charge >= 0.3 is 5.97 Å². The van der Waals surface area contributed by atoms with Gasteiger partial charge in [0, 0.05) is 6.04 Å². The number of nitrogens with one attached hydrogen (secondary N) is 1. The summed E-state index contributed by atoms with van der Waals surface area (Å²) in [6.07, 6.45) is 3.58. The van der Waals surface area contributed by atoms with Gasteiger partial charge in [0.15, 0.2) is 0 Å². The molecule has 0 aromatic heterocycles. The van der Waals surface area contributed by atoms with Crippen molar-refractivity contribution in [2.24, 2.45) is 0 Å². The molecule has 4 nitrogen and oxygen atoms in total. The van der Waals surface area contributed by atoms with Gasteiger partial charge in [-0.2, -0.15) is 0 Å². The van der Waals surface area contributed by atoms with Crippen molar-refractivity contribution in [1.82, 2.24) is 5.32 Å². The maximum absolute atomic E-state index is 10.6. The van der Waals surface area contributed by atoms with Gasteiger partial charge in [-0.3, -0.25) is 0 Å². The minimum absolute atomic E-state index is 0.285. The number of carboxylic acid groups (broad SMARTS) is 1. The number of hydrogen-bond acceptors (Lipinski definition) is 3. The number of rotatable bonds is 7. The van der Waals surface area contributed by atoms with Crippen molar-refractivity contribution in [3.63, 3.8) is 0 Å². The second-order valence-corrected chi connectivity index (χ2v) is 4.26. The summed E-state index contributed by atoms with van der Waals surface area (Å²) in [7, 11) is 0. The molecular weight excluding hydrogens is 218 g/mol. The lowest BCUT2D eigenvalue weighted by molar-refractivity contribution is 0.0697. The van der Waals surface area contributed by atoms with Crippen LogP contribution in [-0.4, -0.2) is 30.3 Å². The molecule has 17 heavy (non-hydrogen) atoms. The summed E-state index contributed by atoms with van der Waals surface area (Å²) in [5, 5.41) is 12.1. The largest absolute Gasteiger partial charge is 0.494 e. The number of benzene rings is 1. The van der Waals surface area contributed by atoms with Crippen LogP contribution in [-0.2, 0) is 0 Å². The summed E-state index contributed by atoms with van der Waals surface area (Å²) in [5.74, 6) is -0.188. The van der Waals surface area contributed by atoms with E-state index in [2.05, 4.69) is 5.32 Å². The molecule has 2 N–H and O–H groups in total. The van der Waals surface area contributed by atoms with E-state index in [1.807, 2.05) is 0 Å². The van der Waals surface area contributed by atoms with E-state index in [-0.39, 0.29) is 5.56 Å². The normalized spacial score (nSPS) is 14.6. The van der Waals surface area contributed by atoms with Crippen molar-refractivity contribution in [1.29, 1.82) is 0 Å². The van der Waals surface area contributed by atoms with E-state index in [1.165, 1.54) is 12.8 Å². The zero-order chi connectivity index (χ0) is 12.1. The minimum atomic E-state index is -0.912. The van der Waals surface area contributed by atoms with Crippen LogP contribution >= 0.6 is 0 Å². The van der Waals surface area contributed by atoms with Crippen molar-refractivity contribution in [2.75, 3.05) is 13.2 Å². The van der Waals surface area contributed by atoms with Gasteiger partial charge in [0.05, 0.1) is 12.2 Å². The molecule has 0 heterocycles. The third-order valence-corrected chi connectivity index (χ3v) is 2.70. The molecule has 1 saturated carbocycles. The second kappa shape index (κ2) is 5.68. The highest BCUT2D eigenvalue weighted by molar-refractivity contribution is 5.87. The van der Waals surface area contributed by atoms with Crippen LogP contribution in [0.1, 0.15) is 29.6 Å². The Bertz CT molecular complexity index is 371. The molecule has 0 unspecified atom stereocenters. The monoisotopic (exact) mass is 235 g/mol. The Labute approximate surface area is 101 Å². The van der Waals surface area contributed by atoms with E-state index in [0.717, 1.165) is 24.8 Å². The third kappa shape index (κ3) is 4.07. The molecular formula is C13H17NO3. The molecule has 1 aromatic rings. The Morgan fingerprint density at radius 3 is 2.65 bits per heavy atom. The van der Waals surface area contributed by atoms with Gasteiger partial charge in [0.2, 0.25) is 0 Å². The van der Waals surface area contributed by atoms with Crippen molar-refractivity contribution < 1.29 is 14.6 Å². The average molecular weight is 235 g/mol. The smallest absolute Gasteiger partial charge is 0.335 e. The SMILES string of the molecule is O=C(O)c1ccc(OCCCNC2CC2)cc1. The summed E-state index contributed by atoms with van der Waals surface area (Å²) in [5.41, 5.74) is 0.285. The number of aromatic carboxylic acids is 1. The van der Waals surface area contributed by atoms with E-state index in [1.54, 1.807) is 24.3 Å². The lowest BCUT2D eigenvalue weighted by atomic mass is 10.2. The zero-order valence-corrected chi connectivity index (χ0v) is 9.69. The van der Waals surface area contributed by atoms with Crippen LogP contribution in [0.5, 0.6) is 5.75 Å². The van der Waals surface area contributed by atoms with Crippen molar-refractivity contribution in [3.05, 3.63) is 29.8 Å². The Morgan fingerprint density at radius 1 is 1.35 bits per heavy atom. The molecule has 0 radical (unpaired) electrons. The van der Waals surface area contributed by atoms with Crippen LogP contribution in [0.4, 0.5) is 0 Å². The van der Waals surface area contributed by atoms with E-state index >= 15 is 0 Å². The molecule has 0 atom stereocenters. The van der Waals surface area contributed by atoms with Crippen LogP contribution in [0, 0.1) is 0 Å². The van der Waals surface area contributed by atoms with Crippen LogP contribution in [0.25, 0.3) is 0 Å². The number of carboxylic acids is 1. The molecule has 4 heteroatoms. The first kappa shape index (κ1) is 11.9. The maximum Gasteiger partial charge on any atom is 0.335 e. The predicted octanol–water partition coefficient (Wildman–Crippen LogP) is 1.91. The molecule has 0 bridgehead atoms. The quantitative estimate of drug-likeness (QED) is 0.709. The van der Waals surface area contributed by atoms with Gasteiger partial charge in [0.1, 0.15) is 5.75 Å². The summed E-state index contributed by atoms with van der Waals surface area (Å²) >= 11 is 0. The average Bonchev–Trinajstić information content (AvgIpc) is 3.13. The molecule has 0 amide bonds. The molecule has 1 fully saturated rings. The zero-order valence-electron chi connectivity index (χ0n) is 9.69. The first-order valence-electron chi connectivity index (χ1n) is 5.95. The lowest BCUT2D eigenvalue weighted by Crippen LogP contribution is -2.19. The minimum Gasteiger partial charge on any atom is -0.494 e. The molecule has 0 aliphatic heterocycles. The number of carbonyl (C=O) groups is 1. The van der Waals surface area contributed by atoms with Gasteiger partial charge in [-0.25, -0.2) is 4.79 Å². The molecule has 0 spiro atoms. The molecule has 1 aromatic carbocycles. The fourth-order valence-electron chi connectivity index (χ4n) is 1.55. The molecule has 1 aliphatic carbocycles. The van der Waals surface area contributed by atoms with Crippen molar-refractivity contribution in [2.45, 2.75) is 25.3 Å². The van der Waals surface area contributed by atoms with Crippen LogP contribution in [0.3, 0.4) is 0 Å². The standard InChI is InChI=1S/C13H17NO3/c15-13(16)10-2-6-12(7-3-10)17-9-1-8-14-11-4-5-11/h2-3,6-7,11,14H,1,4-5,8-9H2,(H,15,16). The number of hydrogen-bond donors (Lipinski definition) is 2. The van der Waals surface area contributed by atoms with E-state index in [4.69, 9.17) is 9.84 Å². The lowest BCUT2D eigenvalue weighted by Gasteiger charge is -2.06. The van der Waals surface area contributed by atoms with E-state index < -0.39 is 5.97 Å². The Kier molecular flexibility index (Phi) is 3.98. The van der Waals surface area contributed by atoms with Crippen LogP contribution < -0.4 is 10.1 Å². The van der Waals surface area contributed by atoms with E-state index in [9.17, 15) is 4.79 Å². The van der Waals surface area contributed by atoms with Crippen molar-refractivity contribution in [3.8, 4) is 5.75 Å².